The van der Waals surface area contributed by atoms with Gasteiger partial charge in [-0.1, -0.05) is 36.4 Å². The van der Waals surface area contributed by atoms with Crippen LogP contribution in [0, 0.1) is 0 Å². The van der Waals surface area contributed by atoms with Crippen LogP contribution in [0.5, 0.6) is 23.0 Å². The van der Waals surface area contributed by atoms with Crippen molar-refractivity contribution >= 4 is 21.8 Å². The van der Waals surface area contributed by atoms with Gasteiger partial charge in [-0.2, -0.15) is 0 Å². The first-order valence-corrected chi connectivity index (χ1v) is 18.7. The molecule has 2 saturated heterocycles. The van der Waals surface area contributed by atoms with Crippen molar-refractivity contribution in [3.63, 3.8) is 0 Å². The van der Waals surface area contributed by atoms with Gasteiger partial charge in [0.25, 0.3) is 0 Å². The Morgan fingerprint density at radius 1 is 0.500 bits per heavy atom. The van der Waals surface area contributed by atoms with Gasteiger partial charge in [0.15, 0.2) is 23.0 Å². The van der Waals surface area contributed by atoms with Crippen LogP contribution >= 0.6 is 0 Å². The normalized spacial score (nSPS) is 19.8. The van der Waals surface area contributed by atoms with Gasteiger partial charge in [0, 0.05) is 48.3 Å². The van der Waals surface area contributed by atoms with E-state index in [-0.39, 0.29) is 0 Å². The Kier molecular flexibility index (Phi) is 9.32. The lowest BCUT2D eigenvalue weighted by Gasteiger charge is -2.26. The minimum atomic E-state index is 0.440. The summed E-state index contributed by atoms with van der Waals surface area (Å²) in [5, 5.41) is 2.42. The molecule has 0 N–H and O–H groups in total. The highest BCUT2D eigenvalue weighted by Gasteiger charge is 2.29. The first-order valence-electron chi connectivity index (χ1n) is 18.7. The molecule has 0 spiro atoms. The predicted molar refractivity (Wildman–Crippen MR) is 203 cm³/mol. The Balaban J connectivity index is 0.000000138. The highest BCUT2D eigenvalue weighted by Crippen LogP contribution is 2.40. The first-order chi connectivity index (χ1) is 25.7. The number of ether oxygens (including phenoxy) is 4. The van der Waals surface area contributed by atoms with Gasteiger partial charge in [-0.05, 0) is 122 Å². The van der Waals surface area contributed by atoms with Crippen molar-refractivity contribution in [1.29, 1.82) is 0 Å². The van der Waals surface area contributed by atoms with Crippen molar-refractivity contribution in [3.8, 4) is 23.0 Å². The largest absolute Gasteiger partial charge is 0.486 e. The molecule has 2 fully saturated rings. The van der Waals surface area contributed by atoms with E-state index in [1.54, 1.807) is 0 Å². The molecule has 2 aromatic heterocycles. The number of fused-ring (bicyclic) bond motifs is 4. The van der Waals surface area contributed by atoms with Crippen LogP contribution < -0.4 is 18.9 Å². The lowest BCUT2D eigenvalue weighted by Crippen LogP contribution is -2.23. The Morgan fingerprint density at radius 2 is 0.962 bits per heavy atom. The van der Waals surface area contributed by atoms with E-state index in [9.17, 15) is 0 Å². The molecule has 52 heavy (non-hydrogen) atoms. The lowest BCUT2D eigenvalue weighted by atomic mass is 10.0. The maximum atomic E-state index is 5.77. The van der Waals surface area contributed by atoms with E-state index in [0.29, 0.717) is 38.5 Å². The summed E-state index contributed by atoms with van der Waals surface area (Å²) in [7, 11) is 0. The third-order valence-corrected chi connectivity index (χ3v) is 10.7. The van der Waals surface area contributed by atoms with Crippen LogP contribution in [0.4, 0.5) is 0 Å². The minimum Gasteiger partial charge on any atom is -0.486 e. The van der Waals surface area contributed by atoms with E-state index in [0.717, 1.165) is 60.2 Å². The Hall–Kier alpha value is -5.18. The van der Waals surface area contributed by atoms with Crippen molar-refractivity contribution in [2.24, 2.45) is 0 Å². The summed E-state index contributed by atoms with van der Waals surface area (Å²) in [6.45, 7) is 6.73. The summed E-state index contributed by atoms with van der Waals surface area (Å²) in [4.78, 5) is 14.0. The summed E-state index contributed by atoms with van der Waals surface area (Å²) in [6, 6.07) is 35.2. The zero-order valence-corrected chi connectivity index (χ0v) is 29.5. The number of aromatic nitrogens is 2. The number of hydrogen-bond donors (Lipinski definition) is 0. The second-order valence-corrected chi connectivity index (χ2v) is 14.1. The van der Waals surface area contributed by atoms with E-state index in [4.69, 9.17) is 18.9 Å². The number of pyridine rings is 2. The van der Waals surface area contributed by atoms with Gasteiger partial charge in [-0.15, -0.1) is 0 Å². The molecule has 10 rings (SSSR count). The smallest absolute Gasteiger partial charge is 0.161 e. The molecule has 0 unspecified atom stereocenters. The molecule has 0 amide bonds. The van der Waals surface area contributed by atoms with Gasteiger partial charge in [0.1, 0.15) is 26.4 Å². The van der Waals surface area contributed by atoms with Crippen LogP contribution in [0.2, 0.25) is 0 Å². The second kappa shape index (κ2) is 14.8. The number of hydrogen-bond acceptors (Lipinski definition) is 8. The van der Waals surface area contributed by atoms with E-state index >= 15 is 0 Å². The molecule has 6 aromatic rings. The molecule has 8 heteroatoms. The molecule has 6 heterocycles. The van der Waals surface area contributed by atoms with Crippen LogP contribution in [0.1, 0.15) is 60.0 Å². The van der Waals surface area contributed by atoms with E-state index in [1.807, 2.05) is 24.5 Å². The third-order valence-electron chi connectivity index (χ3n) is 10.7. The standard InChI is InChI=1S/2C22H22N2O2/c2*1-3-17-13-16(5-7-19(17)23-9-1)15-24-10-2-4-20(24)18-6-8-21-22(14-18)26-12-11-25-21/h2*1,3,5-9,13-14,20H,2,4,10-12,15H2/t2*20-/m00/s1. The SMILES string of the molecule is c1cnc2ccc(CN3CCC[C@H]3c3ccc4c(c3)OCCO4)cc2c1.c1cnc2ccc(CN3CCC[C@H]3c3ccc4c(c3)OCCO4)cc2c1. The zero-order chi connectivity index (χ0) is 34.7. The fourth-order valence-corrected chi connectivity index (χ4v) is 8.24. The van der Waals surface area contributed by atoms with Crippen LogP contribution in [0.15, 0.2) is 109 Å². The fourth-order valence-electron chi connectivity index (χ4n) is 8.24. The molecule has 264 valence electrons. The summed E-state index contributed by atoms with van der Waals surface area (Å²) in [5.74, 6) is 3.51. The highest BCUT2D eigenvalue weighted by atomic mass is 16.6. The van der Waals surface area contributed by atoms with E-state index in [1.165, 1.54) is 58.7 Å². The maximum absolute atomic E-state index is 5.77. The topological polar surface area (TPSA) is 69.2 Å². The van der Waals surface area contributed by atoms with Gasteiger partial charge in [-0.3, -0.25) is 19.8 Å². The molecule has 2 atom stereocenters. The lowest BCUT2D eigenvalue weighted by molar-refractivity contribution is 0.170. The van der Waals surface area contributed by atoms with Gasteiger partial charge >= 0.3 is 0 Å². The molecule has 0 saturated carbocycles. The van der Waals surface area contributed by atoms with Crippen LogP contribution in [0.25, 0.3) is 21.8 Å². The molecule has 4 aliphatic rings. The molecule has 0 aliphatic carbocycles. The van der Waals surface area contributed by atoms with Gasteiger partial charge in [0.05, 0.1) is 11.0 Å². The monoisotopic (exact) mass is 692 g/mol. The van der Waals surface area contributed by atoms with Gasteiger partial charge < -0.3 is 18.9 Å². The van der Waals surface area contributed by atoms with Crippen molar-refractivity contribution < 1.29 is 18.9 Å². The Bertz CT molecular complexity index is 2040. The first kappa shape index (κ1) is 32.7. The van der Waals surface area contributed by atoms with Crippen molar-refractivity contribution in [3.05, 3.63) is 132 Å². The molecule has 0 radical (unpaired) electrons. The number of rotatable bonds is 6. The molecular weight excluding hydrogens is 649 g/mol. The average molecular weight is 693 g/mol. The Morgan fingerprint density at radius 3 is 1.44 bits per heavy atom. The molecule has 8 nitrogen and oxygen atoms in total. The van der Waals surface area contributed by atoms with Gasteiger partial charge in [-0.25, -0.2) is 0 Å². The molecule has 0 bridgehead atoms. The van der Waals surface area contributed by atoms with Crippen molar-refractivity contribution in [2.75, 3.05) is 39.5 Å². The number of nitrogens with zero attached hydrogens (tertiary/aromatic N) is 4. The predicted octanol–water partition coefficient (Wildman–Crippen LogP) is 8.69. The molecule has 4 aliphatic heterocycles. The van der Waals surface area contributed by atoms with Gasteiger partial charge in [0.2, 0.25) is 0 Å². The van der Waals surface area contributed by atoms with Crippen molar-refractivity contribution in [1.82, 2.24) is 19.8 Å². The Labute approximate surface area is 304 Å². The third kappa shape index (κ3) is 7.01. The van der Waals surface area contributed by atoms with Crippen LogP contribution in [0.3, 0.4) is 0 Å². The second-order valence-electron chi connectivity index (χ2n) is 14.1. The average Bonchev–Trinajstić information content (AvgIpc) is 3.87. The minimum absolute atomic E-state index is 0.440. The number of benzene rings is 4. The maximum Gasteiger partial charge on any atom is 0.161 e. The highest BCUT2D eigenvalue weighted by molar-refractivity contribution is 5.79. The fraction of sp³-hybridized carbons (Fsp3) is 0.318. The summed E-state index contributed by atoms with van der Waals surface area (Å²) >= 11 is 0. The van der Waals surface area contributed by atoms with Crippen LogP contribution in [-0.4, -0.2) is 59.3 Å². The van der Waals surface area contributed by atoms with E-state index in [2.05, 4.69) is 105 Å². The quantitative estimate of drug-likeness (QED) is 0.172. The molecular formula is C44H44N4O4. The van der Waals surface area contributed by atoms with Crippen LogP contribution in [-0.2, 0) is 13.1 Å². The van der Waals surface area contributed by atoms with E-state index < -0.39 is 0 Å². The zero-order valence-electron chi connectivity index (χ0n) is 29.5. The summed E-state index contributed by atoms with van der Waals surface area (Å²) < 4.78 is 22.9. The number of likely N-dealkylation sites (tertiary alicyclic amines) is 2. The van der Waals surface area contributed by atoms with Crippen molar-refractivity contribution in [2.45, 2.75) is 50.9 Å². The molecule has 4 aromatic carbocycles. The summed E-state index contributed by atoms with van der Waals surface area (Å²) in [6.07, 6.45) is 8.53. The summed E-state index contributed by atoms with van der Waals surface area (Å²) in [5.41, 5.74) is 7.45.